The van der Waals surface area contributed by atoms with Crippen LogP contribution in [0.25, 0.3) is 11.1 Å². The second kappa shape index (κ2) is 13.9. The van der Waals surface area contributed by atoms with E-state index in [-0.39, 0.29) is 24.0 Å². The van der Waals surface area contributed by atoms with Gasteiger partial charge in [0, 0.05) is 34.2 Å². The van der Waals surface area contributed by atoms with Crippen molar-refractivity contribution in [3.63, 3.8) is 0 Å². The van der Waals surface area contributed by atoms with Crippen LogP contribution in [0.1, 0.15) is 81.9 Å². The topological polar surface area (TPSA) is 24.8 Å². The van der Waals surface area contributed by atoms with Gasteiger partial charge < -0.3 is 9.64 Å². The van der Waals surface area contributed by atoms with Crippen molar-refractivity contribution in [1.29, 1.82) is 0 Å². The van der Waals surface area contributed by atoms with Crippen LogP contribution in [0.3, 0.4) is 0 Å². The second-order valence-corrected chi connectivity index (χ2v) is 17.9. The summed E-state index contributed by atoms with van der Waals surface area (Å²) in [6.07, 6.45) is 18.0. The molecule has 3 nitrogen and oxygen atoms in total. The van der Waals surface area contributed by atoms with Gasteiger partial charge in [0.2, 0.25) is 0 Å². The van der Waals surface area contributed by atoms with E-state index >= 15 is 0 Å². The highest BCUT2D eigenvalue weighted by molar-refractivity contribution is 6.10. The van der Waals surface area contributed by atoms with E-state index in [0.717, 1.165) is 46.9 Å². The van der Waals surface area contributed by atoms with Crippen molar-refractivity contribution in [1.82, 2.24) is 0 Å². The molecule has 0 amide bonds. The smallest absolute Gasteiger partial charge is 0.148 e. The lowest BCUT2D eigenvalue weighted by molar-refractivity contribution is 0.373. The molecule has 2 aliphatic heterocycles. The Morgan fingerprint density at radius 3 is 2.14 bits per heavy atom. The Labute approximate surface area is 369 Å². The normalized spacial score (nSPS) is 25.3. The van der Waals surface area contributed by atoms with Crippen LogP contribution in [0.5, 0.6) is 11.5 Å². The van der Waals surface area contributed by atoms with E-state index in [0.29, 0.717) is 0 Å². The molecule has 0 fully saturated rings. The van der Waals surface area contributed by atoms with Gasteiger partial charge >= 0.3 is 0 Å². The highest BCUT2D eigenvalue weighted by Gasteiger charge is 2.57. The van der Waals surface area contributed by atoms with Crippen LogP contribution in [-0.2, 0) is 10.8 Å². The minimum atomic E-state index is -0.428. The summed E-state index contributed by atoms with van der Waals surface area (Å²) in [4.78, 5) is 8.36. The number of nitrogens with zero attached hydrogens (tertiary/aromatic N) is 2. The molecule has 13 rings (SSSR count). The Balaban J connectivity index is 1.01. The average Bonchev–Trinajstić information content (AvgIpc) is 3.96. The van der Waals surface area contributed by atoms with Crippen molar-refractivity contribution in [2.75, 3.05) is 4.90 Å². The van der Waals surface area contributed by atoms with E-state index in [1.807, 2.05) is 0 Å². The fourth-order valence-electron chi connectivity index (χ4n) is 12.6. The molecule has 0 N–H and O–H groups in total. The van der Waals surface area contributed by atoms with Gasteiger partial charge in [-0.3, -0.25) is 4.99 Å². The maximum Gasteiger partial charge on any atom is 0.148 e. The number of allylic oxidation sites excluding steroid dienone is 8. The molecule has 4 aliphatic carbocycles. The van der Waals surface area contributed by atoms with Crippen LogP contribution >= 0.6 is 0 Å². The predicted octanol–water partition coefficient (Wildman–Crippen LogP) is 14.0. The van der Waals surface area contributed by atoms with Gasteiger partial charge in [0.25, 0.3) is 0 Å². The predicted molar refractivity (Wildman–Crippen MR) is 256 cm³/mol. The van der Waals surface area contributed by atoms with Crippen molar-refractivity contribution in [2.24, 2.45) is 10.9 Å². The van der Waals surface area contributed by atoms with Crippen LogP contribution < -0.4 is 9.64 Å². The van der Waals surface area contributed by atoms with Crippen LogP contribution in [0, 0.1) is 5.92 Å². The number of hydrogen-bond acceptors (Lipinski definition) is 3. The molecule has 0 saturated carbocycles. The minimum Gasteiger partial charge on any atom is -0.456 e. The van der Waals surface area contributed by atoms with Crippen LogP contribution in [-0.4, -0.2) is 11.8 Å². The largest absolute Gasteiger partial charge is 0.456 e. The van der Waals surface area contributed by atoms with Crippen molar-refractivity contribution >= 4 is 11.4 Å². The van der Waals surface area contributed by atoms with Gasteiger partial charge in [-0.2, -0.15) is 0 Å². The van der Waals surface area contributed by atoms with Gasteiger partial charge in [0.1, 0.15) is 17.7 Å². The summed E-state index contributed by atoms with van der Waals surface area (Å²) in [5, 5.41) is 0. The summed E-state index contributed by atoms with van der Waals surface area (Å²) in [6.45, 7) is 2.34. The summed E-state index contributed by atoms with van der Waals surface area (Å²) in [5.41, 5.74) is 16.8. The zero-order valence-corrected chi connectivity index (χ0v) is 35.2. The first kappa shape index (κ1) is 36.4. The van der Waals surface area contributed by atoms with Crippen LogP contribution in [0.2, 0.25) is 0 Å². The quantitative estimate of drug-likeness (QED) is 0.173. The number of para-hydroxylation sites is 2. The lowest BCUT2D eigenvalue weighted by Gasteiger charge is -2.43. The fraction of sp³-hybridized carbons (Fsp3) is 0.150. The van der Waals surface area contributed by atoms with Gasteiger partial charge in [-0.1, -0.05) is 194 Å². The Kier molecular flexibility index (Phi) is 8.03. The van der Waals surface area contributed by atoms with E-state index in [1.54, 1.807) is 0 Å². The van der Waals surface area contributed by atoms with E-state index in [2.05, 4.69) is 224 Å². The highest BCUT2D eigenvalue weighted by atomic mass is 16.5. The molecule has 6 atom stereocenters. The fourth-order valence-corrected chi connectivity index (χ4v) is 12.6. The van der Waals surface area contributed by atoms with Gasteiger partial charge in [-0.25, -0.2) is 0 Å². The molecule has 0 aromatic heterocycles. The van der Waals surface area contributed by atoms with Crippen molar-refractivity contribution < 1.29 is 4.74 Å². The van der Waals surface area contributed by atoms with Crippen molar-refractivity contribution in [3.8, 4) is 22.6 Å². The third-order valence-corrected chi connectivity index (χ3v) is 15.1. The van der Waals surface area contributed by atoms with E-state index in [1.165, 1.54) is 55.6 Å². The van der Waals surface area contributed by atoms with E-state index < -0.39 is 10.8 Å². The highest BCUT2D eigenvalue weighted by Crippen LogP contribution is 2.65. The van der Waals surface area contributed by atoms with Gasteiger partial charge in [0.05, 0.1) is 22.6 Å². The number of ether oxygens (including phenoxy) is 1. The molecule has 0 bridgehead atoms. The van der Waals surface area contributed by atoms with Crippen molar-refractivity contribution in [3.05, 3.63) is 268 Å². The van der Waals surface area contributed by atoms with E-state index in [9.17, 15) is 0 Å². The van der Waals surface area contributed by atoms with Crippen LogP contribution in [0.15, 0.2) is 223 Å². The first-order chi connectivity index (χ1) is 31.2. The number of rotatable bonds is 5. The molecule has 1 spiro atoms. The third-order valence-electron chi connectivity index (χ3n) is 15.1. The molecule has 0 saturated heterocycles. The molecule has 3 heteroatoms. The minimum absolute atomic E-state index is 0.0793. The number of benzene rings is 7. The van der Waals surface area contributed by atoms with E-state index in [4.69, 9.17) is 9.73 Å². The molecule has 0 radical (unpaired) electrons. The Morgan fingerprint density at radius 1 is 0.603 bits per heavy atom. The number of fused-ring (bicyclic) bond motifs is 12. The maximum absolute atomic E-state index is 7.22. The molecule has 63 heavy (non-hydrogen) atoms. The van der Waals surface area contributed by atoms with Gasteiger partial charge in [-0.15, -0.1) is 0 Å². The monoisotopic (exact) mass is 810 g/mol. The maximum atomic E-state index is 7.22. The molecule has 2 heterocycles. The molecular formula is C60H46N2O. The lowest BCUT2D eigenvalue weighted by Crippen LogP contribution is -2.39. The van der Waals surface area contributed by atoms with Crippen molar-refractivity contribution in [2.45, 2.75) is 48.7 Å². The van der Waals surface area contributed by atoms with Gasteiger partial charge in [0.15, 0.2) is 0 Å². The molecule has 6 aliphatic rings. The van der Waals surface area contributed by atoms with Crippen LogP contribution in [0.4, 0.5) is 5.69 Å². The third kappa shape index (κ3) is 4.94. The lowest BCUT2D eigenvalue weighted by atomic mass is 9.61. The first-order valence-corrected chi connectivity index (χ1v) is 22.6. The summed E-state index contributed by atoms with van der Waals surface area (Å²) in [6, 6.07) is 62.9. The van der Waals surface area contributed by atoms with Gasteiger partial charge in [-0.05, 0) is 88.5 Å². The standard InChI is InChI=1S/C60H46N2O/c1-39-56(48-29-19-34-53-57(48)63-55-35-18-17-33-52(55)60(53)50-31-15-12-26-44(50)45-27-13-16-32-51(45)60)61-58(40-20-5-2-6-21-40)62(39)43-36-37-47-46-28-11-14-30-49(46)59(54(47)38-43,41-22-7-3-8-23-41)42-24-9-4-10-25-42/h2-9,11-24,26-39,44,50,58H,10,25H2,1H3. The number of anilines is 1. The Morgan fingerprint density at radius 2 is 1.30 bits per heavy atom. The average molecular weight is 811 g/mol. The molecule has 302 valence electrons. The molecular weight excluding hydrogens is 765 g/mol. The zero-order chi connectivity index (χ0) is 41.7. The molecule has 7 aromatic carbocycles. The zero-order valence-electron chi connectivity index (χ0n) is 35.2. The second-order valence-electron chi connectivity index (χ2n) is 17.9. The Bertz CT molecular complexity index is 3150. The number of hydrogen-bond donors (Lipinski definition) is 0. The first-order valence-electron chi connectivity index (χ1n) is 22.6. The molecule has 6 unspecified atom stereocenters. The summed E-state index contributed by atoms with van der Waals surface area (Å²) in [5.74, 6) is 2.30. The molecule has 7 aromatic rings. The summed E-state index contributed by atoms with van der Waals surface area (Å²) >= 11 is 0. The Hall–Kier alpha value is -7.23. The number of aliphatic imine (C=N–C) groups is 1. The summed E-state index contributed by atoms with van der Waals surface area (Å²) in [7, 11) is 0. The summed E-state index contributed by atoms with van der Waals surface area (Å²) < 4.78 is 7.22. The SMILES string of the molecule is CC1C(c2cccc3c2Oc2ccccc2C32c3ccccc3C3C=CC=CC32)=NC(c2ccccc2)N1c1ccc2c(c1)C(C1=CC=CCC1)(c1ccccc1)c1ccccc1-2.